The Hall–Kier alpha value is -1.30. The normalized spacial score (nSPS) is 7.22. The predicted octanol–water partition coefficient (Wildman–Crippen LogP) is 7.13. The van der Waals surface area contributed by atoms with E-state index in [0.717, 1.165) is 12.8 Å². The maximum absolute atomic E-state index is 3.48. The molecule has 0 atom stereocenters. The van der Waals surface area contributed by atoms with Crippen LogP contribution in [0.15, 0.2) is 62.8 Å². The molecule has 0 nitrogen and oxygen atoms in total. The summed E-state index contributed by atoms with van der Waals surface area (Å²) in [4.78, 5) is 0. The van der Waals surface area contributed by atoms with Crippen LogP contribution in [0.3, 0.4) is 0 Å². The molecule has 0 unspecified atom stereocenters. The molecule has 0 aliphatic rings. The smallest absolute Gasteiger partial charge is 0.0379 e. The van der Waals surface area contributed by atoms with Gasteiger partial charge < -0.3 is 0 Å². The maximum Gasteiger partial charge on any atom is -0.0379 e. The monoisotopic (exact) mass is 252 g/mol. The molecule has 0 spiro atoms. The van der Waals surface area contributed by atoms with Gasteiger partial charge in [-0.1, -0.05) is 50.3 Å². The van der Waals surface area contributed by atoms with E-state index in [4.69, 9.17) is 0 Å². The summed E-state index contributed by atoms with van der Waals surface area (Å²) in [6.07, 6.45) is 14.1. The molecule has 18 heavy (non-hydrogen) atoms. The Bertz CT molecular complexity index is 145. The van der Waals surface area contributed by atoms with Crippen molar-refractivity contribution in [2.75, 3.05) is 0 Å². The highest BCUT2D eigenvalue weighted by molar-refractivity contribution is 4.73. The van der Waals surface area contributed by atoms with Crippen LogP contribution in [0.5, 0.6) is 0 Å². The first-order chi connectivity index (χ1) is 8.66. The van der Waals surface area contributed by atoms with Crippen LogP contribution in [0.2, 0.25) is 0 Å². The summed E-state index contributed by atoms with van der Waals surface area (Å²) in [5.41, 5.74) is 0. The minimum atomic E-state index is 1.08. The fourth-order valence-electron chi connectivity index (χ4n) is 0.236. The number of hydrogen-bond donors (Lipinski definition) is 0. The Labute approximate surface area is 118 Å². The van der Waals surface area contributed by atoms with Crippen LogP contribution in [-0.4, -0.2) is 0 Å². The number of hydrogen-bond acceptors (Lipinski definition) is 0. The van der Waals surface area contributed by atoms with E-state index in [1.54, 1.807) is 6.08 Å². The third-order valence-corrected chi connectivity index (χ3v) is 1.09. The highest BCUT2D eigenvalue weighted by Crippen LogP contribution is 1.73. The zero-order chi connectivity index (χ0) is 15.7. The van der Waals surface area contributed by atoms with Crippen molar-refractivity contribution >= 4 is 0 Å². The van der Waals surface area contributed by atoms with E-state index < -0.39 is 0 Å². The Morgan fingerprint density at radius 3 is 1.00 bits per heavy atom. The van der Waals surface area contributed by atoms with Gasteiger partial charge >= 0.3 is 0 Å². The first-order valence-electron chi connectivity index (χ1n) is 6.52. The minimum Gasteiger partial charge on any atom is -0.106 e. The Morgan fingerprint density at radius 2 is 1.00 bits per heavy atom. The standard InChI is InChI=1S/C5H10.2C4H8.C3H6.C2H4/c1-3-5-4-2;2*1-3-4-2;1-3-2;1-2/h3,5H,4H2,1-2H3;3-4H,1-2H3;3H,1,4H2,2H3;3H,1H2,2H3;1-2H2/b5-3+;4-3+;;;. The molecule has 0 N–H and O–H groups in total. The van der Waals surface area contributed by atoms with Crippen molar-refractivity contribution in [1.82, 2.24) is 0 Å². The molecule has 0 saturated heterocycles. The molecule has 0 aromatic carbocycles. The molecule has 0 amide bonds. The third kappa shape index (κ3) is 378. The quantitative estimate of drug-likeness (QED) is 0.458. The van der Waals surface area contributed by atoms with E-state index in [2.05, 4.69) is 52.3 Å². The lowest BCUT2D eigenvalue weighted by molar-refractivity contribution is 1.22. The summed E-state index contributed by atoms with van der Waals surface area (Å²) in [7, 11) is 0. The molecule has 0 aromatic heterocycles. The van der Waals surface area contributed by atoms with Gasteiger partial charge in [-0.2, -0.15) is 0 Å². The van der Waals surface area contributed by atoms with Gasteiger partial charge in [0.1, 0.15) is 0 Å². The first-order valence-corrected chi connectivity index (χ1v) is 6.52. The number of allylic oxidation sites excluding steroid dienone is 6. The summed E-state index contributed by atoms with van der Waals surface area (Å²) in [5.74, 6) is 0. The van der Waals surface area contributed by atoms with Gasteiger partial charge in [0.15, 0.2) is 0 Å². The van der Waals surface area contributed by atoms with E-state index in [-0.39, 0.29) is 0 Å². The molecule has 0 aromatic rings. The molecule has 0 fully saturated rings. The van der Waals surface area contributed by atoms with Crippen LogP contribution in [0.25, 0.3) is 0 Å². The van der Waals surface area contributed by atoms with Gasteiger partial charge in [-0.25, -0.2) is 0 Å². The molecular formula is C18H36. The molecule has 108 valence electrons. The molecule has 0 heterocycles. The van der Waals surface area contributed by atoms with Crippen LogP contribution in [0.4, 0.5) is 0 Å². The zero-order valence-electron chi connectivity index (χ0n) is 13.7. The fraction of sp³-hybridized carbons (Fsp3) is 0.444. The van der Waals surface area contributed by atoms with Crippen LogP contribution in [-0.2, 0) is 0 Å². The summed E-state index contributed by atoms with van der Waals surface area (Å²) in [6.45, 7) is 24.9. The van der Waals surface area contributed by atoms with Gasteiger partial charge in [0.25, 0.3) is 0 Å². The average molecular weight is 252 g/mol. The Morgan fingerprint density at radius 1 is 0.722 bits per heavy atom. The average Bonchev–Trinajstić information content (AvgIpc) is 2.43. The molecule has 0 saturated carbocycles. The Kier molecular flexibility index (Phi) is 126. The van der Waals surface area contributed by atoms with Crippen LogP contribution < -0.4 is 0 Å². The summed E-state index contributed by atoms with van der Waals surface area (Å²) >= 11 is 0. The van der Waals surface area contributed by atoms with Gasteiger partial charge in [0, 0.05) is 0 Å². The van der Waals surface area contributed by atoms with Gasteiger partial charge in [-0.15, -0.1) is 26.3 Å². The van der Waals surface area contributed by atoms with Crippen LogP contribution >= 0.6 is 0 Å². The largest absolute Gasteiger partial charge is 0.106 e. The minimum absolute atomic E-state index is 1.08. The van der Waals surface area contributed by atoms with Crippen molar-refractivity contribution in [2.24, 2.45) is 0 Å². The van der Waals surface area contributed by atoms with E-state index in [9.17, 15) is 0 Å². The second-order valence-electron chi connectivity index (χ2n) is 2.75. The van der Waals surface area contributed by atoms with Crippen molar-refractivity contribution in [3.05, 3.63) is 62.8 Å². The van der Waals surface area contributed by atoms with E-state index in [0.29, 0.717) is 0 Å². The fourth-order valence-corrected chi connectivity index (χ4v) is 0.236. The van der Waals surface area contributed by atoms with Gasteiger partial charge in [0.05, 0.1) is 0 Å². The van der Waals surface area contributed by atoms with Gasteiger partial charge in [0.2, 0.25) is 0 Å². The molecule has 0 bridgehead atoms. The molecule has 0 heteroatoms. The van der Waals surface area contributed by atoms with Crippen molar-refractivity contribution in [3.8, 4) is 0 Å². The number of rotatable bonds is 2. The van der Waals surface area contributed by atoms with Crippen molar-refractivity contribution < 1.29 is 0 Å². The third-order valence-electron chi connectivity index (χ3n) is 1.09. The summed E-state index contributed by atoms with van der Waals surface area (Å²) in [6, 6.07) is 0. The second-order valence-corrected chi connectivity index (χ2v) is 2.75. The van der Waals surface area contributed by atoms with Crippen molar-refractivity contribution in [1.29, 1.82) is 0 Å². The van der Waals surface area contributed by atoms with Gasteiger partial charge in [-0.05, 0) is 40.5 Å². The Balaban J connectivity index is -0.0000000404. The molecule has 0 aliphatic carbocycles. The lowest BCUT2D eigenvalue weighted by atomic mass is 10.4. The molecule has 0 rings (SSSR count). The topological polar surface area (TPSA) is 0 Å². The highest BCUT2D eigenvalue weighted by atomic mass is 13.6. The van der Waals surface area contributed by atoms with Gasteiger partial charge in [-0.3, -0.25) is 0 Å². The molecule has 0 radical (unpaired) electrons. The zero-order valence-corrected chi connectivity index (χ0v) is 13.7. The maximum atomic E-state index is 3.48. The molecule has 0 aliphatic heterocycles. The first kappa shape index (κ1) is 30.1. The summed E-state index contributed by atoms with van der Waals surface area (Å²) < 4.78 is 0. The van der Waals surface area contributed by atoms with Crippen LogP contribution in [0, 0.1) is 0 Å². The lowest BCUT2D eigenvalue weighted by Gasteiger charge is -1.65. The predicted molar refractivity (Wildman–Crippen MR) is 93.2 cm³/mol. The lowest BCUT2D eigenvalue weighted by Crippen LogP contribution is -1.43. The SMILES string of the molecule is C/C=C/C.C/C=C/CC.C=C.C=CC.C=CCC. The van der Waals surface area contributed by atoms with E-state index in [1.165, 1.54) is 0 Å². The van der Waals surface area contributed by atoms with Crippen molar-refractivity contribution in [2.45, 2.75) is 54.4 Å². The highest BCUT2D eigenvalue weighted by Gasteiger charge is 1.52. The summed E-state index contributed by atoms with van der Waals surface area (Å²) in [5, 5.41) is 0. The molecular weight excluding hydrogens is 216 g/mol. The van der Waals surface area contributed by atoms with Crippen LogP contribution in [0.1, 0.15) is 54.4 Å². The second kappa shape index (κ2) is 75.6. The van der Waals surface area contributed by atoms with E-state index in [1.807, 2.05) is 45.9 Å². The van der Waals surface area contributed by atoms with E-state index >= 15 is 0 Å². The van der Waals surface area contributed by atoms with Crippen molar-refractivity contribution in [3.63, 3.8) is 0 Å².